The molecule has 1 aliphatic heterocycles. The average Bonchev–Trinajstić information content (AvgIpc) is 3.14. The number of benzene rings is 1. The van der Waals surface area contributed by atoms with E-state index in [-0.39, 0.29) is 6.04 Å². The molecule has 1 saturated heterocycles. The maximum Gasteiger partial charge on any atom is 0.407 e. The van der Waals surface area contributed by atoms with Crippen molar-refractivity contribution < 1.29 is 9.90 Å². The first-order valence-electron chi connectivity index (χ1n) is 8.60. The van der Waals surface area contributed by atoms with Gasteiger partial charge in [0.1, 0.15) is 6.33 Å². The van der Waals surface area contributed by atoms with Crippen LogP contribution in [-0.4, -0.2) is 48.7 Å². The van der Waals surface area contributed by atoms with E-state index in [0.29, 0.717) is 13.1 Å². The van der Waals surface area contributed by atoms with E-state index in [4.69, 9.17) is 0 Å². The van der Waals surface area contributed by atoms with Gasteiger partial charge in [0.15, 0.2) is 0 Å². The molecule has 1 amide bonds. The third-order valence-electron chi connectivity index (χ3n) is 4.79. The first kappa shape index (κ1) is 16.3. The smallest absolute Gasteiger partial charge is 0.407 e. The Labute approximate surface area is 151 Å². The first-order valence-corrected chi connectivity index (χ1v) is 8.60. The fraction of sp³-hybridized carbons (Fsp3) is 0.263. The van der Waals surface area contributed by atoms with E-state index in [1.165, 1.54) is 11.2 Å². The number of nitrogens with zero attached hydrogens (tertiary/aromatic N) is 5. The minimum absolute atomic E-state index is 0.195. The van der Waals surface area contributed by atoms with Crippen molar-refractivity contribution in [3.8, 4) is 22.6 Å². The second-order valence-corrected chi connectivity index (χ2v) is 6.31. The third kappa shape index (κ3) is 3.03. The summed E-state index contributed by atoms with van der Waals surface area (Å²) in [4.78, 5) is 25.7. The molecule has 26 heavy (non-hydrogen) atoms. The van der Waals surface area contributed by atoms with Gasteiger partial charge in [-0.05, 0) is 18.9 Å². The van der Waals surface area contributed by atoms with Gasteiger partial charge >= 0.3 is 6.09 Å². The van der Waals surface area contributed by atoms with Gasteiger partial charge in [-0.1, -0.05) is 30.3 Å². The second-order valence-electron chi connectivity index (χ2n) is 6.31. The van der Waals surface area contributed by atoms with Gasteiger partial charge in [-0.2, -0.15) is 0 Å². The van der Waals surface area contributed by atoms with E-state index in [9.17, 15) is 9.90 Å². The Bertz CT molecular complexity index is 887. The van der Waals surface area contributed by atoms with E-state index in [0.717, 1.165) is 35.5 Å². The van der Waals surface area contributed by atoms with Crippen molar-refractivity contribution in [1.82, 2.24) is 24.4 Å². The first-order chi connectivity index (χ1) is 12.7. The zero-order valence-corrected chi connectivity index (χ0v) is 14.2. The minimum Gasteiger partial charge on any atom is -0.465 e. The highest BCUT2D eigenvalue weighted by Crippen LogP contribution is 2.34. The Kier molecular flexibility index (Phi) is 4.35. The van der Waals surface area contributed by atoms with Gasteiger partial charge < -0.3 is 14.6 Å². The molecule has 7 heteroatoms. The zero-order chi connectivity index (χ0) is 17.9. The van der Waals surface area contributed by atoms with Gasteiger partial charge in [-0.3, -0.25) is 0 Å². The van der Waals surface area contributed by atoms with Gasteiger partial charge in [0.25, 0.3) is 0 Å². The fourth-order valence-corrected chi connectivity index (χ4v) is 3.46. The summed E-state index contributed by atoms with van der Waals surface area (Å²) >= 11 is 0. The molecule has 0 atom stereocenters. The normalized spacial score (nSPS) is 15.2. The van der Waals surface area contributed by atoms with Gasteiger partial charge in [0.05, 0.1) is 23.4 Å². The number of piperidine rings is 1. The highest BCUT2D eigenvalue weighted by atomic mass is 16.4. The summed E-state index contributed by atoms with van der Waals surface area (Å²) in [5.41, 5.74) is 3.68. The molecule has 0 bridgehead atoms. The minimum atomic E-state index is -0.852. The SMILES string of the molecule is O=C(O)N1CCC(n2cnc(-c3ccccc3)c2-c2ccncn2)CC1. The van der Waals surface area contributed by atoms with Gasteiger partial charge in [0.2, 0.25) is 0 Å². The van der Waals surface area contributed by atoms with Crippen molar-refractivity contribution >= 4 is 6.09 Å². The Hall–Kier alpha value is -3.22. The topological polar surface area (TPSA) is 84.1 Å². The van der Waals surface area contributed by atoms with Crippen LogP contribution in [0.25, 0.3) is 22.6 Å². The van der Waals surface area contributed by atoms with Crippen molar-refractivity contribution in [3.63, 3.8) is 0 Å². The number of imidazole rings is 1. The van der Waals surface area contributed by atoms with Gasteiger partial charge in [-0.15, -0.1) is 0 Å². The number of hydrogen-bond donors (Lipinski definition) is 1. The average molecular weight is 349 g/mol. The number of carboxylic acid groups (broad SMARTS) is 1. The lowest BCUT2D eigenvalue weighted by Gasteiger charge is -2.31. The van der Waals surface area contributed by atoms with Crippen molar-refractivity contribution in [1.29, 1.82) is 0 Å². The van der Waals surface area contributed by atoms with Crippen molar-refractivity contribution in [2.45, 2.75) is 18.9 Å². The van der Waals surface area contributed by atoms with Crippen LogP contribution in [0.2, 0.25) is 0 Å². The molecule has 0 radical (unpaired) electrons. The summed E-state index contributed by atoms with van der Waals surface area (Å²) in [5, 5.41) is 9.17. The van der Waals surface area contributed by atoms with Crippen LogP contribution < -0.4 is 0 Å². The Morgan fingerprint density at radius 1 is 1.08 bits per heavy atom. The maximum atomic E-state index is 11.2. The monoisotopic (exact) mass is 349 g/mol. The van der Waals surface area contributed by atoms with E-state index < -0.39 is 6.09 Å². The summed E-state index contributed by atoms with van der Waals surface area (Å²) in [6.45, 7) is 1.06. The van der Waals surface area contributed by atoms with E-state index in [1.54, 1.807) is 6.20 Å². The molecule has 0 aliphatic carbocycles. The van der Waals surface area contributed by atoms with E-state index >= 15 is 0 Å². The zero-order valence-electron chi connectivity index (χ0n) is 14.2. The molecule has 3 aromatic rings. The fourth-order valence-electron chi connectivity index (χ4n) is 3.46. The van der Waals surface area contributed by atoms with Gasteiger partial charge in [0, 0.05) is 30.9 Å². The van der Waals surface area contributed by atoms with Crippen molar-refractivity contribution in [3.05, 3.63) is 55.2 Å². The molecule has 1 N–H and O–H groups in total. The van der Waals surface area contributed by atoms with Gasteiger partial charge in [-0.25, -0.2) is 19.7 Å². The molecular formula is C19H19N5O2. The molecule has 1 fully saturated rings. The lowest BCUT2D eigenvalue weighted by Crippen LogP contribution is -2.38. The van der Waals surface area contributed by atoms with Crippen LogP contribution in [-0.2, 0) is 0 Å². The summed E-state index contributed by atoms with van der Waals surface area (Å²) < 4.78 is 2.14. The number of amides is 1. The predicted molar refractivity (Wildman–Crippen MR) is 96.6 cm³/mol. The molecule has 0 spiro atoms. The summed E-state index contributed by atoms with van der Waals surface area (Å²) in [6.07, 6.45) is 5.77. The predicted octanol–water partition coefficient (Wildman–Crippen LogP) is 3.32. The summed E-state index contributed by atoms with van der Waals surface area (Å²) in [6, 6.07) is 12.1. The lowest BCUT2D eigenvalue weighted by atomic mass is 10.0. The Balaban J connectivity index is 1.74. The van der Waals surface area contributed by atoms with E-state index in [1.807, 2.05) is 42.7 Å². The van der Waals surface area contributed by atoms with E-state index in [2.05, 4.69) is 19.5 Å². The Morgan fingerprint density at radius 3 is 2.50 bits per heavy atom. The number of aromatic nitrogens is 4. The van der Waals surface area contributed by atoms with Crippen LogP contribution in [0, 0.1) is 0 Å². The molecule has 7 nitrogen and oxygen atoms in total. The van der Waals surface area contributed by atoms with Crippen LogP contribution in [0.1, 0.15) is 18.9 Å². The quantitative estimate of drug-likeness (QED) is 0.784. The highest BCUT2D eigenvalue weighted by molar-refractivity contribution is 5.76. The lowest BCUT2D eigenvalue weighted by molar-refractivity contribution is 0.126. The van der Waals surface area contributed by atoms with Crippen LogP contribution in [0.4, 0.5) is 4.79 Å². The third-order valence-corrected chi connectivity index (χ3v) is 4.79. The molecule has 132 valence electrons. The molecule has 2 aromatic heterocycles. The second kappa shape index (κ2) is 6.95. The van der Waals surface area contributed by atoms with Crippen LogP contribution >= 0.6 is 0 Å². The van der Waals surface area contributed by atoms with Crippen molar-refractivity contribution in [2.75, 3.05) is 13.1 Å². The maximum absolute atomic E-state index is 11.2. The summed E-state index contributed by atoms with van der Waals surface area (Å²) in [7, 11) is 0. The number of rotatable bonds is 3. The summed E-state index contributed by atoms with van der Waals surface area (Å²) in [5.74, 6) is 0. The molecule has 0 unspecified atom stereocenters. The molecule has 1 aliphatic rings. The number of likely N-dealkylation sites (tertiary alicyclic amines) is 1. The van der Waals surface area contributed by atoms with Crippen molar-refractivity contribution in [2.24, 2.45) is 0 Å². The molecule has 3 heterocycles. The Morgan fingerprint density at radius 2 is 1.85 bits per heavy atom. The standard InChI is InChI=1S/C19H19N5O2/c25-19(26)23-10-7-15(8-11-23)24-13-22-17(14-4-2-1-3-5-14)18(24)16-6-9-20-12-21-16/h1-6,9,12-13,15H,7-8,10-11H2,(H,25,26). The molecule has 1 aromatic carbocycles. The largest absolute Gasteiger partial charge is 0.465 e. The molecule has 4 rings (SSSR count). The number of hydrogen-bond acceptors (Lipinski definition) is 4. The van der Waals surface area contributed by atoms with Crippen LogP contribution in [0.5, 0.6) is 0 Å². The molecular weight excluding hydrogens is 330 g/mol. The van der Waals surface area contributed by atoms with Crippen LogP contribution in [0.15, 0.2) is 55.2 Å². The molecule has 0 saturated carbocycles. The van der Waals surface area contributed by atoms with Crippen LogP contribution in [0.3, 0.4) is 0 Å². The highest BCUT2D eigenvalue weighted by Gasteiger charge is 2.27. The number of carbonyl (C=O) groups is 1.